The number of aryl methyl sites for hydroxylation is 2. The van der Waals surface area contributed by atoms with Crippen LogP contribution in [0.2, 0.25) is 0 Å². The zero-order valence-electron chi connectivity index (χ0n) is 9.52. The van der Waals surface area contributed by atoms with Gasteiger partial charge in [0.2, 0.25) is 0 Å². The molecule has 0 saturated carbocycles. The summed E-state index contributed by atoms with van der Waals surface area (Å²) in [6.45, 7) is 5.38. The molecule has 1 aromatic rings. The number of carboxylic acids is 1. The Kier molecular flexibility index (Phi) is 4.32. The Balaban J connectivity index is 3.19. The van der Waals surface area contributed by atoms with Crippen molar-refractivity contribution in [2.75, 3.05) is 6.61 Å². The summed E-state index contributed by atoms with van der Waals surface area (Å²) in [4.78, 5) is 15.9. The van der Waals surface area contributed by atoms with Crippen LogP contribution < -0.4 is 0 Å². The van der Waals surface area contributed by atoms with Gasteiger partial charge in [-0.15, -0.1) is 11.8 Å². The molecule has 4 nitrogen and oxygen atoms in total. The van der Waals surface area contributed by atoms with Crippen molar-refractivity contribution in [3.8, 4) is 0 Å². The number of rotatable bonds is 4. The number of aromatic carboxylic acids is 1. The molecule has 1 heterocycles. The fourth-order valence-corrected chi connectivity index (χ4v) is 2.50. The third-order valence-electron chi connectivity index (χ3n) is 2.09. The molecule has 1 atom stereocenters. The minimum Gasteiger partial charge on any atom is -0.478 e. The van der Waals surface area contributed by atoms with Gasteiger partial charge in [-0.2, -0.15) is 0 Å². The lowest BCUT2D eigenvalue weighted by molar-refractivity contribution is 0.0691. The van der Waals surface area contributed by atoms with Crippen molar-refractivity contribution in [1.82, 2.24) is 4.98 Å². The van der Waals surface area contributed by atoms with Crippen molar-refractivity contribution < 1.29 is 15.0 Å². The van der Waals surface area contributed by atoms with Crippen LogP contribution in [-0.4, -0.2) is 33.0 Å². The molecule has 16 heavy (non-hydrogen) atoms. The summed E-state index contributed by atoms with van der Waals surface area (Å²) < 4.78 is 0. The molecule has 0 spiro atoms. The summed E-state index contributed by atoms with van der Waals surface area (Å²) in [6, 6.07) is 1.74. The second-order valence-electron chi connectivity index (χ2n) is 3.64. The summed E-state index contributed by atoms with van der Waals surface area (Å²) in [5.41, 5.74) is 1.53. The Bertz CT molecular complexity index is 406. The van der Waals surface area contributed by atoms with E-state index in [-0.39, 0.29) is 17.4 Å². The van der Waals surface area contributed by atoms with Crippen LogP contribution in [0.15, 0.2) is 11.0 Å². The third-order valence-corrected chi connectivity index (χ3v) is 3.22. The number of thioether (sulfide) groups is 1. The van der Waals surface area contributed by atoms with Crippen LogP contribution in [0, 0.1) is 13.8 Å². The molecule has 88 valence electrons. The van der Waals surface area contributed by atoms with Crippen molar-refractivity contribution in [1.29, 1.82) is 0 Å². The van der Waals surface area contributed by atoms with E-state index in [0.717, 1.165) is 5.69 Å². The lowest BCUT2D eigenvalue weighted by atomic mass is 10.2. The Labute approximate surface area is 98.7 Å². The molecule has 0 aromatic carbocycles. The number of pyridine rings is 1. The number of hydrogen-bond donors (Lipinski definition) is 2. The summed E-state index contributed by atoms with van der Waals surface area (Å²) in [5.74, 6) is -0.974. The number of hydrogen-bond acceptors (Lipinski definition) is 4. The fourth-order valence-electron chi connectivity index (χ4n) is 1.40. The van der Waals surface area contributed by atoms with Gasteiger partial charge < -0.3 is 10.2 Å². The van der Waals surface area contributed by atoms with Crippen LogP contribution in [-0.2, 0) is 0 Å². The monoisotopic (exact) mass is 241 g/mol. The molecular weight excluding hydrogens is 226 g/mol. The van der Waals surface area contributed by atoms with E-state index < -0.39 is 5.97 Å². The number of aliphatic hydroxyl groups excluding tert-OH is 1. The number of aliphatic hydroxyl groups is 1. The lowest BCUT2D eigenvalue weighted by Crippen LogP contribution is -2.08. The van der Waals surface area contributed by atoms with Gasteiger partial charge in [0.15, 0.2) is 0 Å². The highest BCUT2D eigenvalue weighted by Crippen LogP contribution is 2.28. The fraction of sp³-hybridized carbons (Fsp3) is 0.455. The van der Waals surface area contributed by atoms with Gasteiger partial charge in [0.1, 0.15) is 0 Å². The molecule has 1 rings (SSSR count). The van der Waals surface area contributed by atoms with E-state index in [1.165, 1.54) is 11.8 Å². The normalized spacial score (nSPS) is 12.5. The van der Waals surface area contributed by atoms with E-state index in [2.05, 4.69) is 4.98 Å². The standard InChI is InChI=1S/C11H15NO3S/c1-6-4-9(16-7(2)5-13)10(11(14)15)8(3)12-6/h4,7,13H,5H2,1-3H3,(H,14,15). The lowest BCUT2D eigenvalue weighted by Gasteiger charge is -2.12. The van der Waals surface area contributed by atoms with Gasteiger partial charge in [-0.25, -0.2) is 4.79 Å². The van der Waals surface area contributed by atoms with Crippen LogP contribution in [0.3, 0.4) is 0 Å². The van der Waals surface area contributed by atoms with Crippen LogP contribution in [0.1, 0.15) is 28.7 Å². The van der Waals surface area contributed by atoms with Crippen LogP contribution in [0.25, 0.3) is 0 Å². The van der Waals surface area contributed by atoms with Gasteiger partial charge in [-0.05, 0) is 19.9 Å². The van der Waals surface area contributed by atoms with Crippen molar-refractivity contribution in [2.45, 2.75) is 30.9 Å². The molecule has 0 aliphatic rings. The first-order valence-electron chi connectivity index (χ1n) is 4.94. The van der Waals surface area contributed by atoms with Crippen molar-refractivity contribution in [3.63, 3.8) is 0 Å². The Morgan fingerprint density at radius 1 is 1.56 bits per heavy atom. The van der Waals surface area contributed by atoms with Gasteiger partial charge in [-0.1, -0.05) is 6.92 Å². The van der Waals surface area contributed by atoms with Gasteiger partial charge in [0, 0.05) is 15.8 Å². The highest BCUT2D eigenvalue weighted by molar-refractivity contribution is 8.00. The summed E-state index contributed by atoms with van der Waals surface area (Å²) >= 11 is 1.36. The van der Waals surface area contributed by atoms with E-state index in [9.17, 15) is 4.79 Å². The van der Waals surface area contributed by atoms with E-state index >= 15 is 0 Å². The smallest absolute Gasteiger partial charge is 0.338 e. The van der Waals surface area contributed by atoms with Crippen LogP contribution in [0.4, 0.5) is 0 Å². The third kappa shape index (κ3) is 2.96. The first-order chi connectivity index (χ1) is 7.45. The highest BCUT2D eigenvalue weighted by atomic mass is 32.2. The average Bonchev–Trinajstić information content (AvgIpc) is 2.15. The molecule has 0 saturated heterocycles. The van der Waals surface area contributed by atoms with Gasteiger partial charge in [-0.3, -0.25) is 4.98 Å². The topological polar surface area (TPSA) is 70.4 Å². The molecular formula is C11H15NO3S. The number of carboxylic acid groups (broad SMARTS) is 1. The van der Waals surface area contributed by atoms with Crippen molar-refractivity contribution in [3.05, 3.63) is 23.0 Å². The Morgan fingerprint density at radius 3 is 2.69 bits per heavy atom. The quantitative estimate of drug-likeness (QED) is 0.787. The molecule has 5 heteroatoms. The summed E-state index contributed by atoms with van der Waals surface area (Å²) in [5, 5.41) is 18.1. The van der Waals surface area contributed by atoms with E-state index in [4.69, 9.17) is 10.2 Å². The average molecular weight is 241 g/mol. The number of carbonyl (C=O) groups is 1. The molecule has 0 fully saturated rings. The number of aromatic nitrogens is 1. The second kappa shape index (κ2) is 5.32. The zero-order chi connectivity index (χ0) is 12.3. The predicted molar refractivity (Wildman–Crippen MR) is 63.1 cm³/mol. The number of nitrogens with zero attached hydrogens (tertiary/aromatic N) is 1. The van der Waals surface area contributed by atoms with Crippen LogP contribution >= 0.6 is 11.8 Å². The van der Waals surface area contributed by atoms with Gasteiger partial charge in [0.05, 0.1) is 17.9 Å². The first kappa shape index (κ1) is 13.0. The maximum absolute atomic E-state index is 11.1. The molecule has 2 N–H and O–H groups in total. The summed E-state index contributed by atoms with van der Waals surface area (Å²) in [6.07, 6.45) is 0. The largest absolute Gasteiger partial charge is 0.478 e. The van der Waals surface area contributed by atoms with Gasteiger partial charge in [0.25, 0.3) is 0 Å². The first-order valence-corrected chi connectivity index (χ1v) is 5.82. The van der Waals surface area contributed by atoms with Crippen molar-refractivity contribution in [2.24, 2.45) is 0 Å². The molecule has 1 aromatic heterocycles. The second-order valence-corrected chi connectivity index (χ2v) is 5.12. The zero-order valence-corrected chi connectivity index (χ0v) is 10.3. The van der Waals surface area contributed by atoms with Gasteiger partial charge >= 0.3 is 5.97 Å². The minimum absolute atomic E-state index is 0.0180. The highest BCUT2D eigenvalue weighted by Gasteiger charge is 2.17. The molecule has 0 aliphatic heterocycles. The van der Waals surface area contributed by atoms with E-state index in [1.54, 1.807) is 13.0 Å². The molecule has 0 radical (unpaired) electrons. The Morgan fingerprint density at radius 2 is 2.19 bits per heavy atom. The maximum atomic E-state index is 11.1. The SMILES string of the molecule is Cc1cc(SC(C)CO)c(C(=O)O)c(C)n1. The van der Waals surface area contributed by atoms with E-state index in [0.29, 0.717) is 10.6 Å². The Hall–Kier alpha value is -1.07. The maximum Gasteiger partial charge on any atom is 0.338 e. The minimum atomic E-state index is -0.974. The van der Waals surface area contributed by atoms with Crippen LogP contribution in [0.5, 0.6) is 0 Å². The molecule has 1 unspecified atom stereocenters. The van der Waals surface area contributed by atoms with E-state index in [1.807, 2.05) is 13.8 Å². The molecule has 0 amide bonds. The predicted octanol–water partition coefficient (Wildman–Crippen LogP) is 1.87. The van der Waals surface area contributed by atoms with Crippen molar-refractivity contribution >= 4 is 17.7 Å². The molecule has 0 bridgehead atoms. The molecule has 0 aliphatic carbocycles. The summed E-state index contributed by atoms with van der Waals surface area (Å²) in [7, 11) is 0.